The summed E-state index contributed by atoms with van der Waals surface area (Å²) in [5.41, 5.74) is 2.22. The number of aryl methyl sites for hydroxylation is 1. The van der Waals surface area contributed by atoms with Gasteiger partial charge in [-0.1, -0.05) is 6.07 Å². The van der Waals surface area contributed by atoms with E-state index < -0.39 is 5.82 Å². The molecule has 0 saturated carbocycles. The molecule has 20 heavy (non-hydrogen) atoms. The van der Waals surface area contributed by atoms with Crippen LogP contribution in [0.25, 0.3) is 16.7 Å². The third-order valence-corrected chi connectivity index (χ3v) is 3.39. The number of imidazole rings is 1. The molecule has 0 radical (unpaired) electrons. The van der Waals surface area contributed by atoms with Gasteiger partial charge in [0.1, 0.15) is 17.5 Å². The second-order valence-electron chi connectivity index (χ2n) is 4.58. The van der Waals surface area contributed by atoms with Gasteiger partial charge in [-0.25, -0.2) is 13.8 Å². The minimum atomic E-state index is -0.396. The SMILES string of the molecule is Cc1ccc(-n2c(CCl)nc3ccc(F)cc32)c(F)c1. The molecule has 0 fully saturated rings. The van der Waals surface area contributed by atoms with E-state index in [4.69, 9.17) is 11.6 Å². The lowest BCUT2D eigenvalue weighted by Gasteiger charge is -2.09. The number of hydrogen-bond acceptors (Lipinski definition) is 1. The van der Waals surface area contributed by atoms with E-state index in [9.17, 15) is 8.78 Å². The van der Waals surface area contributed by atoms with E-state index >= 15 is 0 Å². The summed E-state index contributed by atoms with van der Waals surface area (Å²) in [6.07, 6.45) is 0. The molecule has 0 saturated heterocycles. The molecule has 2 nitrogen and oxygen atoms in total. The number of nitrogens with zero attached hydrogens (tertiary/aromatic N) is 2. The molecule has 102 valence electrons. The molecule has 0 amide bonds. The van der Waals surface area contributed by atoms with Crippen molar-refractivity contribution in [2.75, 3.05) is 0 Å². The third kappa shape index (κ3) is 2.06. The summed E-state index contributed by atoms with van der Waals surface area (Å²) in [6.45, 7) is 1.81. The fraction of sp³-hybridized carbons (Fsp3) is 0.133. The Hall–Kier alpha value is -1.94. The standard InChI is InChI=1S/C15H11ClF2N2/c1-9-2-5-13(11(18)6-9)20-14-7-10(17)3-4-12(14)19-15(20)8-16/h2-7H,8H2,1H3. The smallest absolute Gasteiger partial charge is 0.147 e. The number of benzene rings is 2. The highest BCUT2D eigenvalue weighted by Crippen LogP contribution is 2.25. The topological polar surface area (TPSA) is 17.8 Å². The van der Waals surface area contributed by atoms with Crippen molar-refractivity contribution >= 4 is 22.6 Å². The molecule has 3 aromatic rings. The first-order valence-corrected chi connectivity index (χ1v) is 6.63. The van der Waals surface area contributed by atoms with E-state index in [1.165, 1.54) is 18.2 Å². The second-order valence-corrected chi connectivity index (χ2v) is 4.85. The fourth-order valence-corrected chi connectivity index (χ4v) is 2.43. The molecule has 0 N–H and O–H groups in total. The summed E-state index contributed by atoms with van der Waals surface area (Å²) in [4.78, 5) is 4.31. The van der Waals surface area contributed by atoms with Gasteiger partial charge in [0.25, 0.3) is 0 Å². The summed E-state index contributed by atoms with van der Waals surface area (Å²) in [6, 6.07) is 9.08. The number of alkyl halides is 1. The first kappa shape index (κ1) is 13.1. The molecule has 0 spiro atoms. The number of rotatable bonds is 2. The second kappa shape index (κ2) is 4.87. The molecule has 5 heteroatoms. The molecule has 2 aromatic carbocycles. The molecule has 3 rings (SSSR count). The Morgan fingerprint density at radius 1 is 1.15 bits per heavy atom. The van der Waals surface area contributed by atoms with E-state index in [-0.39, 0.29) is 11.7 Å². The van der Waals surface area contributed by atoms with Crippen molar-refractivity contribution in [2.24, 2.45) is 0 Å². The van der Waals surface area contributed by atoms with Gasteiger partial charge in [-0.2, -0.15) is 0 Å². The zero-order chi connectivity index (χ0) is 14.3. The minimum absolute atomic E-state index is 0.115. The van der Waals surface area contributed by atoms with E-state index in [1.807, 2.05) is 0 Å². The predicted octanol–water partition coefficient (Wildman–Crippen LogP) is 4.35. The van der Waals surface area contributed by atoms with Crippen LogP contribution in [0.2, 0.25) is 0 Å². The molecule has 1 heterocycles. The van der Waals surface area contributed by atoms with Crippen molar-refractivity contribution in [1.29, 1.82) is 0 Å². The number of aromatic nitrogens is 2. The Bertz CT molecular complexity index is 796. The molecular formula is C15H11ClF2N2. The zero-order valence-electron chi connectivity index (χ0n) is 10.7. The Morgan fingerprint density at radius 2 is 1.95 bits per heavy atom. The monoisotopic (exact) mass is 292 g/mol. The zero-order valence-corrected chi connectivity index (χ0v) is 11.5. The lowest BCUT2D eigenvalue weighted by atomic mass is 10.2. The van der Waals surface area contributed by atoms with Crippen LogP contribution in [-0.2, 0) is 5.88 Å². The van der Waals surface area contributed by atoms with E-state index in [1.54, 1.807) is 29.7 Å². The molecule has 0 aliphatic heterocycles. The van der Waals surface area contributed by atoms with Gasteiger partial charge in [-0.3, -0.25) is 4.57 Å². The van der Waals surface area contributed by atoms with E-state index in [0.29, 0.717) is 22.5 Å². The van der Waals surface area contributed by atoms with Crippen LogP contribution in [-0.4, -0.2) is 9.55 Å². The fourth-order valence-electron chi connectivity index (χ4n) is 2.25. The van der Waals surface area contributed by atoms with E-state index in [0.717, 1.165) is 5.56 Å². The van der Waals surface area contributed by atoms with Crippen molar-refractivity contribution in [2.45, 2.75) is 12.8 Å². The van der Waals surface area contributed by atoms with Gasteiger partial charge in [0.05, 0.1) is 22.6 Å². The highest BCUT2D eigenvalue weighted by Gasteiger charge is 2.15. The highest BCUT2D eigenvalue weighted by molar-refractivity contribution is 6.17. The minimum Gasteiger partial charge on any atom is -0.292 e. The average Bonchev–Trinajstić information content (AvgIpc) is 2.76. The van der Waals surface area contributed by atoms with Crippen molar-refractivity contribution in [3.8, 4) is 5.69 Å². The van der Waals surface area contributed by atoms with Gasteiger partial charge in [-0.15, -0.1) is 11.6 Å². The maximum Gasteiger partial charge on any atom is 0.147 e. The Balaban J connectivity index is 2.36. The van der Waals surface area contributed by atoms with E-state index in [2.05, 4.69) is 4.98 Å². The molecule has 0 atom stereocenters. The highest BCUT2D eigenvalue weighted by atomic mass is 35.5. The summed E-state index contributed by atoms with van der Waals surface area (Å²) in [5.74, 6) is -0.189. The molecule has 0 aliphatic carbocycles. The van der Waals surface area contributed by atoms with Crippen molar-refractivity contribution < 1.29 is 8.78 Å². The average molecular weight is 293 g/mol. The van der Waals surface area contributed by atoms with Crippen molar-refractivity contribution in [1.82, 2.24) is 9.55 Å². The lowest BCUT2D eigenvalue weighted by molar-refractivity contribution is 0.615. The quantitative estimate of drug-likeness (QED) is 0.642. The maximum absolute atomic E-state index is 14.2. The van der Waals surface area contributed by atoms with Gasteiger partial charge < -0.3 is 0 Å². The molecule has 0 bridgehead atoms. The van der Waals surface area contributed by atoms with Crippen LogP contribution in [0.4, 0.5) is 8.78 Å². The number of halogens is 3. The van der Waals surface area contributed by atoms with Crippen LogP contribution in [0.15, 0.2) is 36.4 Å². The summed E-state index contributed by atoms with van der Waals surface area (Å²) >= 11 is 5.88. The van der Waals surface area contributed by atoms with Crippen LogP contribution < -0.4 is 0 Å². The number of hydrogen-bond donors (Lipinski definition) is 0. The Morgan fingerprint density at radius 3 is 2.65 bits per heavy atom. The third-order valence-electron chi connectivity index (χ3n) is 3.15. The van der Waals surface area contributed by atoms with Gasteiger partial charge in [-0.05, 0) is 36.8 Å². The summed E-state index contributed by atoms with van der Waals surface area (Å²) < 4.78 is 29.2. The molecular weight excluding hydrogens is 282 g/mol. The first-order valence-electron chi connectivity index (χ1n) is 6.09. The normalized spacial score (nSPS) is 11.2. The first-order chi connectivity index (χ1) is 9.60. The van der Waals surface area contributed by atoms with Gasteiger partial charge in [0.2, 0.25) is 0 Å². The maximum atomic E-state index is 14.2. The molecule has 1 aromatic heterocycles. The summed E-state index contributed by atoms with van der Waals surface area (Å²) in [7, 11) is 0. The van der Waals surface area contributed by atoms with Crippen LogP contribution in [0, 0.1) is 18.6 Å². The lowest BCUT2D eigenvalue weighted by Crippen LogP contribution is -2.02. The van der Waals surface area contributed by atoms with Gasteiger partial charge in [0, 0.05) is 6.07 Å². The van der Waals surface area contributed by atoms with Crippen LogP contribution in [0.3, 0.4) is 0 Å². The summed E-state index contributed by atoms with van der Waals surface area (Å²) in [5, 5.41) is 0. The largest absolute Gasteiger partial charge is 0.292 e. The van der Waals surface area contributed by atoms with Crippen LogP contribution in [0.5, 0.6) is 0 Å². The molecule has 0 unspecified atom stereocenters. The Kier molecular flexibility index (Phi) is 3.18. The number of fused-ring (bicyclic) bond motifs is 1. The van der Waals surface area contributed by atoms with Crippen LogP contribution >= 0.6 is 11.6 Å². The van der Waals surface area contributed by atoms with Crippen LogP contribution in [0.1, 0.15) is 11.4 Å². The molecule has 0 aliphatic rings. The van der Waals surface area contributed by atoms with Gasteiger partial charge in [0.15, 0.2) is 0 Å². The predicted molar refractivity (Wildman–Crippen MR) is 75.3 cm³/mol. The van der Waals surface area contributed by atoms with Crippen molar-refractivity contribution in [3.63, 3.8) is 0 Å². The van der Waals surface area contributed by atoms with Gasteiger partial charge >= 0.3 is 0 Å². The van der Waals surface area contributed by atoms with Crippen molar-refractivity contribution in [3.05, 3.63) is 59.4 Å². The Labute approximate surface area is 119 Å².